The smallest absolute Gasteiger partial charge is 0.324 e. The molecule has 0 unspecified atom stereocenters. The number of hydrogen-bond donors (Lipinski definition) is 1. The molecule has 1 atom stereocenters. The number of nitrogens with one attached hydrogen (secondary N) is 1. The van der Waals surface area contributed by atoms with Gasteiger partial charge in [0.1, 0.15) is 11.9 Å². The van der Waals surface area contributed by atoms with Crippen LogP contribution in [0, 0.1) is 12.8 Å². The van der Waals surface area contributed by atoms with Gasteiger partial charge in [0, 0.05) is 32.1 Å². The molecule has 2 saturated heterocycles. The van der Waals surface area contributed by atoms with E-state index in [2.05, 4.69) is 17.1 Å². The molecule has 4 rings (SSSR count). The Hall–Kier alpha value is -2.28. The van der Waals surface area contributed by atoms with E-state index < -0.39 is 0 Å². The third-order valence-electron chi connectivity index (χ3n) is 6.83. The van der Waals surface area contributed by atoms with E-state index in [9.17, 15) is 9.59 Å². The number of likely N-dealkylation sites (tertiary alicyclic amines) is 2. The topological polar surface area (TPSA) is 65.1 Å². The van der Waals surface area contributed by atoms with Crippen molar-refractivity contribution in [1.29, 1.82) is 0 Å². The van der Waals surface area contributed by atoms with Gasteiger partial charge in [-0.25, -0.2) is 4.79 Å². The van der Waals surface area contributed by atoms with Crippen LogP contribution >= 0.6 is 0 Å². The maximum Gasteiger partial charge on any atom is 0.324 e. The summed E-state index contributed by atoms with van der Waals surface area (Å²) in [6.07, 6.45) is 4.86. The maximum atomic E-state index is 13.4. The van der Waals surface area contributed by atoms with Crippen molar-refractivity contribution in [3.63, 3.8) is 0 Å². The van der Waals surface area contributed by atoms with Gasteiger partial charge in [-0.3, -0.25) is 9.69 Å². The van der Waals surface area contributed by atoms with Crippen molar-refractivity contribution >= 4 is 17.6 Å². The van der Waals surface area contributed by atoms with E-state index in [4.69, 9.17) is 4.74 Å². The highest BCUT2D eigenvalue weighted by molar-refractivity contribution is 5.94. The minimum atomic E-state index is 0.00485. The zero-order valence-corrected chi connectivity index (χ0v) is 18.9. The first kappa shape index (κ1) is 21.9. The van der Waals surface area contributed by atoms with Crippen molar-refractivity contribution in [1.82, 2.24) is 15.1 Å². The highest BCUT2D eigenvalue weighted by atomic mass is 16.5. The summed E-state index contributed by atoms with van der Waals surface area (Å²) >= 11 is 0. The molecule has 170 valence electrons. The largest absolute Gasteiger partial charge is 0.486 e. The second-order valence-corrected chi connectivity index (χ2v) is 9.11. The molecule has 7 nitrogen and oxygen atoms in total. The SMILES string of the molecule is CC[C@@H]1CN(C(=O)N2CCC(C(=O)NCCN3CCCC3)CC2)c2cc(C)ccc2O1. The third kappa shape index (κ3) is 5.14. The van der Waals surface area contributed by atoms with Gasteiger partial charge in [-0.15, -0.1) is 0 Å². The van der Waals surface area contributed by atoms with E-state index >= 15 is 0 Å². The Kier molecular flexibility index (Phi) is 7.00. The molecule has 1 aromatic carbocycles. The standard InChI is InChI=1S/C24H36N4O3/c1-3-20-17-28(21-16-18(2)6-7-22(21)31-20)24(30)27-13-8-19(9-14-27)23(29)25-10-15-26-11-4-5-12-26/h6-7,16,19-20H,3-5,8-15,17H2,1-2H3,(H,25,29)/t20-/m1/s1. The normalized spacial score (nSPS) is 22.2. The third-order valence-corrected chi connectivity index (χ3v) is 6.83. The first-order valence-corrected chi connectivity index (χ1v) is 11.9. The number of aryl methyl sites for hydroxylation is 1. The number of carbonyl (C=O) groups is 2. The van der Waals surface area contributed by atoms with Gasteiger partial charge < -0.3 is 19.9 Å². The lowest BCUT2D eigenvalue weighted by molar-refractivity contribution is -0.126. The van der Waals surface area contributed by atoms with E-state index in [1.165, 1.54) is 12.8 Å². The molecule has 7 heteroatoms. The van der Waals surface area contributed by atoms with Gasteiger partial charge in [-0.1, -0.05) is 13.0 Å². The number of piperidine rings is 1. The predicted octanol–water partition coefficient (Wildman–Crippen LogP) is 3.02. The Balaban J connectivity index is 1.30. The van der Waals surface area contributed by atoms with E-state index in [1.807, 2.05) is 34.9 Å². The summed E-state index contributed by atoms with van der Waals surface area (Å²) in [5.41, 5.74) is 1.97. The molecule has 1 aromatic rings. The van der Waals surface area contributed by atoms with Crippen molar-refractivity contribution in [2.24, 2.45) is 5.92 Å². The van der Waals surface area contributed by atoms with Crippen LogP contribution in [0.4, 0.5) is 10.5 Å². The van der Waals surface area contributed by atoms with Crippen LogP contribution in [-0.4, -0.2) is 73.7 Å². The van der Waals surface area contributed by atoms with Crippen molar-refractivity contribution in [2.45, 2.75) is 52.1 Å². The summed E-state index contributed by atoms with van der Waals surface area (Å²) in [4.78, 5) is 32.1. The lowest BCUT2D eigenvalue weighted by Gasteiger charge is -2.39. The van der Waals surface area contributed by atoms with Crippen molar-refractivity contribution in [3.8, 4) is 5.75 Å². The highest BCUT2D eigenvalue weighted by Crippen LogP contribution is 2.36. The van der Waals surface area contributed by atoms with Gasteiger partial charge in [0.15, 0.2) is 0 Å². The van der Waals surface area contributed by atoms with Crippen LogP contribution in [0.15, 0.2) is 18.2 Å². The summed E-state index contributed by atoms with van der Waals surface area (Å²) in [7, 11) is 0. The molecule has 31 heavy (non-hydrogen) atoms. The number of hydrogen-bond acceptors (Lipinski definition) is 4. The summed E-state index contributed by atoms with van der Waals surface area (Å²) < 4.78 is 6.06. The second kappa shape index (κ2) is 9.90. The van der Waals surface area contributed by atoms with Crippen LogP contribution in [0.2, 0.25) is 0 Å². The summed E-state index contributed by atoms with van der Waals surface area (Å²) in [6.45, 7) is 9.90. The first-order valence-electron chi connectivity index (χ1n) is 11.9. The molecule has 0 aliphatic carbocycles. The quantitative estimate of drug-likeness (QED) is 0.783. The van der Waals surface area contributed by atoms with Crippen LogP contribution in [0.1, 0.15) is 44.6 Å². The molecule has 2 fully saturated rings. The number of nitrogens with zero attached hydrogens (tertiary/aromatic N) is 3. The van der Waals surface area contributed by atoms with Gasteiger partial charge >= 0.3 is 6.03 Å². The number of anilines is 1. The number of fused-ring (bicyclic) bond motifs is 1. The zero-order valence-electron chi connectivity index (χ0n) is 18.9. The Morgan fingerprint density at radius 3 is 2.58 bits per heavy atom. The number of carbonyl (C=O) groups excluding carboxylic acids is 2. The molecule has 1 N–H and O–H groups in total. The second-order valence-electron chi connectivity index (χ2n) is 9.11. The van der Waals surface area contributed by atoms with Gasteiger partial charge in [-0.05, 0) is 69.8 Å². The maximum absolute atomic E-state index is 13.4. The van der Waals surface area contributed by atoms with Crippen LogP contribution in [0.5, 0.6) is 5.75 Å². The minimum absolute atomic E-state index is 0.00485. The molecular formula is C24H36N4O3. The van der Waals surface area contributed by atoms with Crippen LogP contribution in [0.25, 0.3) is 0 Å². The lowest BCUT2D eigenvalue weighted by Crippen LogP contribution is -2.52. The molecule has 3 amide bonds. The Bertz CT molecular complexity index is 785. The Labute approximate surface area is 185 Å². The van der Waals surface area contributed by atoms with Gasteiger partial charge in [0.2, 0.25) is 5.91 Å². The lowest BCUT2D eigenvalue weighted by atomic mass is 9.96. The molecule has 0 radical (unpaired) electrons. The molecular weight excluding hydrogens is 392 g/mol. The summed E-state index contributed by atoms with van der Waals surface area (Å²) in [5, 5.41) is 3.11. The summed E-state index contributed by atoms with van der Waals surface area (Å²) in [5.74, 6) is 0.930. The zero-order chi connectivity index (χ0) is 21.8. The summed E-state index contributed by atoms with van der Waals surface area (Å²) in [6, 6.07) is 6.04. The number of rotatable bonds is 5. The van der Waals surface area contributed by atoms with Crippen molar-refractivity contribution in [3.05, 3.63) is 23.8 Å². The molecule has 0 aromatic heterocycles. The van der Waals surface area contributed by atoms with E-state index in [0.717, 1.165) is 62.4 Å². The number of ether oxygens (including phenoxy) is 1. The molecule has 0 spiro atoms. The van der Waals surface area contributed by atoms with Crippen LogP contribution in [0.3, 0.4) is 0 Å². The molecule has 3 aliphatic rings. The predicted molar refractivity (Wildman–Crippen MR) is 122 cm³/mol. The van der Waals surface area contributed by atoms with Gasteiger partial charge in [-0.2, -0.15) is 0 Å². The highest BCUT2D eigenvalue weighted by Gasteiger charge is 2.34. The number of amides is 3. The van der Waals surface area contributed by atoms with Gasteiger partial charge in [0.25, 0.3) is 0 Å². The van der Waals surface area contributed by atoms with Crippen LogP contribution < -0.4 is 15.0 Å². The van der Waals surface area contributed by atoms with E-state index in [-0.39, 0.29) is 24.0 Å². The first-order chi connectivity index (χ1) is 15.0. The average Bonchev–Trinajstić information content (AvgIpc) is 3.31. The molecule has 0 bridgehead atoms. The molecule has 0 saturated carbocycles. The molecule has 3 heterocycles. The van der Waals surface area contributed by atoms with E-state index in [1.54, 1.807) is 0 Å². The van der Waals surface area contributed by atoms with E-state index in [0.29, 0.717) is 19.6 Å². The van der Waals surface area contributed by atoms with Crippen LogP contribution in [-0.2, 0) is 4.79 Å². The molecule has 3 aliphatic heterocycles. The minimum Gasteiger partial charge on any atom is -0.486 e. The number of urea groups is 1. The van der Waals surface area contributed by atoms with Crippen molar-refractivity contribution < 1.29 is 14.3 Å². The van der Waals surface area contributed by atoms with Crippen molar-refractivity contribution in [2.75, 3.05) is 50.7 Å². The Morgan fingerprint density at radius 1 is 1.13 bits per heavy atom. The fourth-order valence-corrected chi connectivity index (χ4v) is 4.84. The fraction of sp³-hybridized carbons (Fsp3) is 0.667. The monoisotopic (exact) mass is 428 g/mol. The van der Waals surface area contributed by atoms with Gasteiger partial charge in [0.05, 0.1) is 12.2 Å². The average molecular weight is 429 g/mol. The number of benzene rings is 1. The fourth-order valence-electron chi connectivity index (χ4n) is 4.84. The Morgan fingerprint density at radius 2 is 1.87 bits per heavy atom.